The first-order chi connectivity index (χ1) is 21.0. The van der Waals surface area contributed by atoms with Crippen LogP contribution in [0.15, 0.2) is 128 Å². The van der Waals surface area contributed by atoms with Crippen LogP contribution in [0.4, 0.5) is 0 Å². The molecule has 0 saturated carbocycles. The third-order valence-corrected chi connectivity index (χ3v) is 9.73. The van der Waals surface area contributed by atoms with Gasteiger partial charge in [-0.05, 0) is 75.0 Å². The molecule has 0 N–H and O–H groups in total. The fourth-order valence-corrected chi connectivity index (χ4v) is 7.69. The van der Waals surface area contributed by atoms with Crippen LogP contribution in [0.1, 0.15) is 54.6 Å². The Balaban J connectivity index is 1.31. The summed E-state index contributed by atoms with van der Waals surface area (Å²) in [7, 11) is 0. The summed E-state index contributed by atoms with van der Waals surface area (Å²) in [6.07, 6.45) is 5.43. The lowest BCUT2D eigenvalue weighted by Crippen LogP contribution is -2.39. The monoisotopic (exact) mass is 553 g/mol. The van der Waals surface area contributed by atoms with Crippen LogP contribution in [0.5, 0.6) is 0 Å². The molecule has 0 aliphatic heterocycles. The van der Waals surface area contributed by atoms with E-state index in [1.165, 1.54) is 77.6 Å². The van der Waals surface area contributed by atoms with Crippen LogP contribution >= 0.6 is 0 Å². The Morgan fingerprint density at radius 1 is 0.628 bits per heavy atom. The number of hydrogen-bond donors (Lipinski definition) is 0. The highest BCUT2D eigenvalue weighted by atomic mass is 15.0. The van der Waals surface area contributed by atoms with E-state index in [0.29, 0.717) is 0 Å². The van der Waals surface area contributed by atoms with Gasteiger partial charge in [0.05, 0.1) is 11.0 Å². The van der Waals surface area contributed by atoms with Crippen molar-refractivity contribution in [1.82, 2.24) is 4.57 Å². The summed E-state index contributed by atoms with van der Waals surface area (Å²) < 4.78 is 4.84. The summed E-state index contributed by atoms with van der Waals surface area (Å²) in [4.78, 5) is 0. The van der Waals surface area contributed by atoms with Crippen molar-refractivity contribution in [1.29, 1.82) is 0 Å². The predicted octanol–water partition coefficient (Wildman–Crippen LogP) is 9.56. The van der Waals surface area contributed by atoms with Gasteiger partial charge in [-0.1, -0.05) is 99.6 Å². The molecule has 2 heterocycles. The van der Waals surface area contributed by atoms with Crippen molar-refractivity contribution >= 4 is 21.8 Å². The summed E-state index contributed by atoms with van der Waals surface area (Å²) >= 11 is 0. The van der Waals surface area contributed by atoms with Crippen molar-refractivity contribution in [3.63, 3.8) is 0 Å². The molecular formula is C41H33N2+. The predicted molar refractivity (Wildman–Crippen MR) is 177 cm³/mol. The Labute approximate surface area is 252 Å². The Hall–Kier alpha value is -4.95. The smallest absolute Gasteiger partial charge is 0.210 e. The van der Waals surface area contributed by atoms with Gasteiger partial charge >= 0.3 is 0 Å². The van der Waals surface area contributed by atoms with E-state index >= 15 is 0 Å². The van der Waals surface area contributed by atoms with Crippen LogP contribution < -0.4 is 4.57 Å². The molecule has 5 aromatic carbocycles. The average Bonchev–Trinajstić information content (AvgIpc) is 3.68. The van der Waals surface area contributed by atoms with E-state index in [0.717, 1.165) is 6.42 Å². The van der Waals surface area contributed by atoms with Crippen LogP contribution in [0.25, 0.3) is 49.7 Å². The molecule has 2 aliphatic rings. The molecule has 0 saturated heterocycles. The first kappa shape index (κ1) is 24.6. The highest BCUT2D eigenvalue weighted by molar-refractivity contribution is 6.09. The molecule has 0 amide bonds. The number of fused-ring (bicyclic) bond motifs is 10. The molecule has 1 unspecified atom stereocenters. The Bertz CT molecular complexity index is 2190. The van der Waals surface area contributed by atoms with Gasteiger partial charge < -0.3 is 4.57 Å². The van der Waals surface area contributed by atoms with Gasteiger partial charge in [-0.15, -0.1) is 0 Å². The molecule has 0 radical (unpaired) electrons. The summed E-state index contributed by atoms with van der Waals surface area (Å²) in [5.41, 5.74) is 16.4. The minimum atomic E-state index is 0.0910. The average molecular weight is 554 g/mol. The minimum absolute atomic E-state index is 0.0910. The van der Waals surface area contributed by atoms with E-state index < -0.39 is 0 Å². The van der Waals surface area contributed by atoms with Gasteiger partial charge in [-0.25, -0.2) is 0 Å². The second kappa shape index (κ2) is 8.78. The van der Waals surface area contributed by atoms with Crippen LogP contribution in [-0.2, 0) is 11.8 Å². The zero-order valence-electron chi connectivity index (χ0n) is 24.8. The van der Waals surface area contributed by atoms with Gasteiger partial charge in [0.2, 0.25) is 6.04 Å². The van der Waals surface area contributed by atoms with Crippen molar-refractivity contribution in [3.8, 4) is 27.9 Å². The maximum atomic E-state index is 2.45. The fraction of sp³-hybridized carbons (Fsp3) is 0.146. The fourth-order valence-electron chi connectivity index (χ4n) is 7.69. The molecule has 1 atom stereocenters. The van der Waals surface area contributed by atoms with Gasteiger partial charge in [0.15, 0.2) is 12.4 Å². The number of para-hydroxylation sites is 2. The number of rotatable bonds is 2. The second-order valence-corrected chi connectivity index (χ2v) is 13.2. The Morgan fingerprint density at radius 2 is 1.33 bits per heavy atom. The van der Waals surface area contributed by atoms with E-state index in [4.69, 9.17) is 0 Å². The van der Waals surface area contributed by atoms with Crippen molar-refractivity contribution in [2.24, 2.45) is 0 Å². The summed E-state index contributed by atoms with van der Waals surface area (Å²) in [5.74, 6) is 0. The van der Waals surface area contributed by atoms with Crippen molar-refractivity contribution < 1.29 is 4.57 Å². The molecular weight excluding hydrogens is 520 g/mol. The molecule has 0 fully saturated rings. The normalized spacial score (nSPS) is 15.0. The molecule has 43 heavy (non-hydrogen) atoms. The number of pyridine rings is 1. The quantitative estimate of drug-likeness (QED) is 0.189. The van der Waals surface area contributed by atoms with Crippen LogP contribution in [0, 0.1) is 0 Å². The van der Waals surface area contributed by atoms with Crippen molar-refractivity contribution in [3.05, 3.63) is 155 Å². The molecule has 2 aliphatic carbocycles. The first-order valence-corrected chi connectivity index (χ1v) is 15.4. The van der Waals surface area contributed by atoms with E-state index in [-0.39, 0.29) is 11.5 Å². The van der Waals surface area contributed by atoms with Crippen LogP contribution in [-0.4, -0.2) is 4.57 Å². The first-order valence-electron chi connectivity index (χ1n) is 15.4. The van der Waals surface area contributed by atoms with Crippen LogP contribution in [0.3, 0.4) is 0 Å². The summed E-state index contributed by atoms with van der Waals surface area (Å²) in [5, 5.41) is 2.59. The minimum Gasteiger partial charge on any atom is -0.309 e. The third kappa shape index (κ3) is 3.50. The molecule has 206 valence electrons. The lowest BCUT2D eigenvalue weighted by Gasteiger charge is -2.20. The van der Waals surface area contributed by atoms with E-state index in [9.17, 15) is 0 Å². The second-order valence-electron chi connectivity index (χ2n) is 13.2. The van der Waals surface area contributed by atoms with Gasteiger partial charge in [0, 0.05) is 39.7 Å². The molecule has 2 aromatic heterocycles. The van der Waals surface area contributed by atoms with Crippen LogP contribution in [0.2, 0.25) is 0 Å². The van der Waals surface area contributed by atoms with Crippen molar-refractivity contribution in [2.75, 3.05) is 0 Å². The summed E-state index contributed by atoms with van der Waals surface area (Å²) in [6.45, 7) is 6.93. The third-order valence-electron chi connectivity index (χ3n) is 9.73. The molecule has 0 spiro atoms. The Kier molecular flexibility index (Phi) is 5.03. The molecule has 2 heteroatoms. The number of nitrogens with zero attached hydrogens (tertiary/aromatic N) is 2. The SMILES string of the molecule is CC(C)(C)c1ccc2c(c1)-c1ccc3c(c1C2[n+]1ccccc1)-c1cc(-n2c4ccccc4c4ccccc42)ccc1C3. The number of hydrogen-bond acceptors (Lipinski definition) is 0. The maximum Gasteiger partial charge on any atom is 0.210 e. The van der Waals surface area contributed by atoms with E-state index in [1.807, 2.05) is 0 Å². The van der Waals surface area contributed by atoms with E-state index in [2.05, 4.69) is 158 Å². The standard InChI is InChI=1S/C41H33N2/c1-41(2,3)28-17-20-33-35(24-28)32-19-16-27-23-26-15-18-29(25-34(26)38(27)39(32)40(33)42-21-9-4-10-22-42)43-36-13-7-5-11-30(36)31-12-6-8-14-37(31)43/h4-22,24-25,40H,23H2,1-3H3/q+1. The largest absolute Gasteiger partial charge is 0.309 e. The molecule has 7 aromatic rings. The number of aromatic nitrogens is 2. The van der Waals surface area contributed by atoms with Gasteiger partial charge in [-0.2, -0.15) is 4.57 Å². The van der Waals surface area contributed by atoms with E-state index in [1.54, 1.807) is 0 Å². The van der Waals surface area contributed by atoms with Gasteiger partial charge in [-0.3, -0.25) is 0 Å². The molecule has 9 rings (SSSR count). The molecule has 0 bridgehead atoms. The number of benzene rings is 5. The van der Waals surface area contributed by atoms with Crippen molar-refractivity contribution in [2.45, 2.75) is 38.6 Å². The Morgan fingerprint density at radius 3 is 2.05 bits per heavy atom. The highest BCUT2D eigenvalue weighted by Gasteiger charge is 2.40. The van der Waals surface area contributed by atoms with Gasteiger partial charge in [0.1, 0.15) is 0 Å². The topological polar surface area (TPSA) is 8.81 Å². The lowest BCUT2D eigenvalue weighted by molar-refractivity contribution is -0.704. The zero-order valence-corrected chi connectivity index (χ0v) is 24.8. The zero-order chi connectivity index (χ0) is 28.9. The highest BCUT2D eigenvalue weighted by Crippen LogP contribution is 2.52. The lowest BCUT2D eigenvalue weighted by atomic mass is 9.85. The molecule has 2 nitrogen and oxygen atoms in total. The maximum absolute atomic E-state index is 2.45. The summed E-state index contributed by atoms with van der Waals surface area (Å²) in [6, 6.07) is 43.2. The van der Waals surface area contributed by atoms with Gasteiger partial charge in [0.25, 0.3) is 0 Å².